The van der Waals surface area contributed by atoms with Gasteiger partial charge in [-0.05, 0) is 30.2 Å². The van der Waals surface area contributed by atoms with E-state index in [1.807, 2.05) is 6.92 Å². The lowest BCUT2D eigenvalue weighted by molar-refractivity contribution is -0.134. The van der Waals surface area contributed by atoms with Gasteiger partial charge in [0.2, 0.25) is 11.8 Å². The summed E-state index contributed by atoms with van der Waals surface area (Å²) in [6.45, 7) is 2.49. The Labute approximate surface area is 128 Å². The van der Waals surface area contributed by atoms with Crippen LogP contribution in [0.5, 0.6) is 0 Å². The summed E-state index contributed by atoms with van der Waals surface area (Å²) in [5, 5.41) is 3.15. The number of rotatable bonds is 4. The molecule has 1 fully saturated rings. The Morgan fingerprint density at radius 3 is 2.90 bits per heavy atom. The summed E-state index contributed by atoms with van der Waals surface area (Å²) in [4.78, 5) is 25.7. The van der Waals surface area contributed by atoms with Crippen molar-refractivity contribution in [3.05, 3.63) is 34.6 Å². The van der Waals surface area contributed by atoms with Gasteiger partial charge in [0.05, 0.1) is 0 Å². The maximum absolute atomic E-state index is 13.3. The Kier molecular flexibility index (Phi) is 5.17. The highest BCUT2D eigenvalue weighted by molar-refractivity contribution is 6.31. The average Bonchev–Trinajstić information content (AvgIpc) is 2.57. The molecule has 1 saturated heterocycles. The molecule has 0 saturated carbocycles. The van der Waals surface area contributed by atoms with Gasteiger partial charge in [-0.25, -0.2) is 4.39 Å². The van der Waals surface area contributed by atoms with Gasteiger partial charge < -0.3 is 10.2 Å². The number of carbonyl (C=O) groups is 2. The van der Waals surface area contributed by atoms with Crippen molar-refractivity contribution in [1.82, 2.24) is 10.2 Å². The minimum Gasteiger partial charge on any atom is -0.344 e. The van der Waals surface area contributed by atoms with E-state index in [0.29, 0.717) is 23.6 Å². The maximum atomic E-state index is 13.3. The molecule has 6 heteroatoms. The smallest absolute Gasteiger partial charge is 0.245 e. The standard InChI is InChI=1S/C15H18ClFN2O2/c1-2-3-13-15(21)19(7-6-14(20)18-13)9-10-8-11(17)4-5-12(10)16/h4-5,8,13H,2-3,6-7,9H2,1H3,(H,18,20). The van der Waals surface area contributed by atoms with E-state index in [1.54, 1.807) is 4.90 Å². The zero-order chi connectivity index (χ0) is 15.4. The van der Waals surface area contributed by atoms with Crippen molar-refractivity contribution in [3.8, 4) is 0 Å². The van der Waals surface area contributed by atoms with Crippen LogP contribution in [0.2, 0.25) is 5.02 Å². The molecule has 1 aliphatic rings. The number of hydrogen-bond donors (Lipinski definition) is 1. The minimum absolute atomic E-state index is 0.130. The van der Waals surface area contributed by atoms with Crippen LogP contribution in [0.4, 0.5) is 4.39 Å². The topological polar surface area (TPSA) is 49.4 Å². The van der Waals surface area contributed by atoms with Crippen molar-refractivity contribution in [2.75, 3.05) is 6.54 Å². The number of nitrogens with one attached hydrogen (secondary N) is 1. The Balaban J connectivity index is 2.18. The second-order valence-corrected chi connectivity index (χ2v) is 5.56. The third-order valence-electron chi connectivity index (χ3n) is 3.50. The third kappa shape index (κ3) is 3.94. The first-order chi connectivity index (χ1) is 10.0. The highest BCUT2D eigenvalue weighted by atomic mass is 35.5. The largest absolute Gasteiger partial charge is 0.344 e. The lowest BCUT2D eigenvalue weighted by Crippen LogP contribution is -2.44. The van der Waals surface area contributed by atoms with Crippen LogP contribution >= 0.6 is 11.6 Å². The van der Waals surface area contributed by atoms with Crippen LogP contribution in [0, 0.1) is 5.82 Å². The molecule has 1 aliphatic heterocycles. The molecule has 0 bridgehead atoms. The Hall–Kier alpha value is -1.62. The molecule has 21 heavy (non-hydrogen) atoms. The van der Waals surface area contributed by atoms with Gasteiger partial charge in [0.1, 0.15) is 11.9 Å². The summed E-state index contributed by atoms with van der Waals surface area (Å²) < 4.78 is 13.3. The molecule has 0 spiro atoms. The fourth-order valence-electron chi connectivity index (χ4n) is 2.41. The summed E-state index contributed by atoms with van der Waals surface area (Å²) >= 11 is 6.04. The van der Waals surface area contributed by atoms with Gasteiger partial charge in [0.25, 0.3) is 0 Å². The van der Waals surface area contributed by atoms with Gasteiger partial charge >= 0.3 is 0 Å². The maximum Gasteiger partial charge on any atom is 0.245 e. The molecule has 2 amide bonds. The van der Waals surface area contributed by atoms with Crippen molar-refractivity contribution >= 4 is 23.4 Å². The molecule has 0 aromatic heterocycles. The Bertz CT molecular complexity index is 550. The van der Waals surface area contributed by atoms with Gasteiger partial charge in [0, 0.05) is 24.5 Å². The second-order valence-electron chi connectivity index (χ2n) is 5.15. The van der Waals surface area contributed by atoms with Crippen LogP contribution in [-0.4, -0.2) is 29.3 Å². The third-order valence-corrected chi connectivity index (χ3v) is 3.87. The Morgan fingerprint density at radius 1 is 1.43 bits per heavy atom. The first-order valence-electron chi connectivity index (χ1n) is 7.03. The van der Waals surface area contributed by atoms with E-state index >= 15 is 0 Å². The quantitative estimate of drug-likeness (QED) is 0.928. The molecule has 2 rings (SSSR count). The lowest BCUT2D eigenvalue weighted by Gasteiger charge is -2.24. The summed E-state index contributed by atoms with van der Waals surface area (Å²) in [6.07, 6.45) is 1.64. The molecule has 1 unspecified atom stereocenters. The van der Waals surface area contributed by atoms with E-state index in [4.69, 9.17) is 11.6 Å². The van der Waals surface area contributed by atoms with Gasteiger partial charge in [-0.15, -0.1) is 0 Å². The number of benzene rings is 1. The van der Waals surface area contributed by atoms with Gasteiger partial charge in [-0.1, -0.05) is 24.9 Å². The van der Waals surface area contributed by atoms with Crippen molar-refractivity contribution < 1.29 is 14.0 Å². The summed E-state index contributed by atoms with van der Waals surface area (Å²) in [5.41, 5.74) is 0.551. The number of hydrogen-bond acceptors (Lipinski definition) is 2. The van der Waals surface area contributed by atoms with Crippen molar-refractivity contribution in [2.24, 2.45) is 0 Å². The van der Waals surface area contributed by atoms with Crippen LogP contribution in [0.3, 0.4) is 0 Å². The number of carbonyl (C=O) groups excluding carboxylic acids is 2. The van der Waals surface area contributed by atoms with Crippen LogP contribution in [0.1, 0.15) is 31.7 Å². The van der Waals surface area contributed by atoms with Gasteiger partial charge in [-0.3, -0.25) is 9.59 Å². The Morgan fingerprint density at radius 2 is 2.19 bits per heavy atom. The molecular weight excluding hydrogens is 295 g/mol. The van der Waals surface area contributed by atoms with Gasteiger partial charge in [0.15, 0.2) is 0 Å². The highest BCUT2D eigenvalue weighted by Gasteiger charge is 2.29. The second kappa shape index (κ2) is 6.89. The zero-order valence-electron chi connectivity index (χ0n) is 11.9. The summed E-state index contributed by atoms with van der Waals surface area (Å²) in [7, 11) is 0. The average molecular weight is 313 g/mol. The predicted molar refractivity (Wildman–Crippen MR) is 78.3 cm³/mol. The molecule has 0 radical (unpaired) electrons. The van der Waals surface area contributed by atoms with Crippen LogP contribution in [0.15, 0.2) is 18.2 Å². The normalized spacial score (nSPS) is 19.4. The summed E-state index contributed by atoms with van der Waals surface area (Å²) in [6, 6.07) is 3.57. The van der Waals surface area contributed by atoms with E-state index in [0.717, 1.165) is 6.42 Å². The predicted octanol–water partition coefficient (Wildman–Crippen LogP) is 2.50. The highest BCUT2D eigenvalue weighted by Crippen LogP contribution is 2.20. The fraction of sp³-hybridized carbons (Fsp3) is 0.467. The van der Waals surface area contributed by atoms with Gasteiger partial charge in [-0.2, -0.15) is 0 Å². The molecular formula is C15H18ClFN2O2. The number of halogens is 2. The molecule has 1 heterocycles. The lowest BCUT2D eigenvalue weighted by atomic mass is 10.1. The minimum atomic E-state index is -0.502. The van der Waals surface area contributed by atoms with E-state index < -0.39 is 11.9 Å². The van der Waals surface area contributed by atoms with Crippen molar-refractivity contribution in [3.63, 3.8) is 0 Å². The molecule has 0 aliphatic carbocycles. The summed E-state index contributed by atoms with van der Waals surface area (Å²) in [5.74, 6) is -0.659. The molecule has 1 aromatic carbocycles. The van der Waals surface area contributed by atoms with Crippen molar-refractivity contribution in [1.29, 1.82) is 0 Å². The van der Waals surface area contributed by atoms with E-state index in [2.05, 4.69) is 5.32 Å². The van der Waals surface area contributed by atoms with E-state index in [9.17, 15) is 14.0 Å². The van der Waals surface area contributed by atoms with Crippen molar-refractivity contribution in [2.45, 2.75) is 38.8 Å². The van der Waals surface area contributed by atoms with E-state index in [-0.39, 0.29) is 24.8 Å². The van der Waals surface area contributed by atoms with Crippen LogP contribution < -0.4 is 5.32 Å². The first kappa shape index (κ1) is 15.8. The molecule has 1 aromatic rings. The van der Waals surface area contributed by atoms with Crippen LogP contribution in [0.25, 0.3) is 0 Å². The van der Waals surface area contributed by atoms with Crippen LogP contribution in [-0.2, 0) is 16.1 Å². The number of amides is 2. The zero-order valence-corrected chi connectivity index (χ0v) is 12.6. The SMILES string of the molecule is CCCC1NC(=O)CCN(Cc2cc(F)ccc2Cl)C1=O. The number of nitrogens with zero attached hydrogens (tertiary/aromatic N) is 1. The fourth-order valence-corrected chi connectivity index (χ4v) is 2.58. The molecule has 4 nitrogen and oxygen atoms in total. The first-order valence-corrected chi connectivity index (χ1v) is 7.41. The molecule has 1 N–H and O–H groups in total. The van der Waals surface area contributed by atoms with E-state index in [1.165, 1.54) is 18.2 Å². The molecule has 114 valence electrons. The molecule has 1 atom stereocenters. The monoisotopic (exact) mass is 312 g/mol.